The summed E-state index contributed by atoms with van der Waals surface area (Å²) < 4.78 is 0. The number of nitrogens with one attached hydrogen (secondary N) is 2. The van der Waals surface area contributed by atoms with Crippen LogP contribution in [0.5, 0.6) is 0 Å². The number of fused-ring (bicyclic) bond motifs is 1. The maximum atomic E-state index is 12.4. The van der Waals surface area contributed by atoms with Crippen molar-refractivity contribution in [2.24, 2.45) is 5.92 Å². The molecule has 0 spiro atoms. The molecule has 0 bridgehead atoms. The molecule has 0 aromatic heterocycles. The average Bonchev–Trinajstić information content (AvgIpc) is 3.01. The summed E-state index contributed by atoms with van der Waals surface area (Å²) >= 11 is 0. The van der Waals surface area contributed by atoms with E-state index in [1.54, 1.807) is 0 Å². The second-order valence-corrected chi connectivity index (χ2v) is 6.25. The highest BCUT2D eigenvalue weighted by atomic mass is 16.2. The molecule has 3 rings (SSSR count). The van der Waals surface area contributed by atoms with E-state index < -0.39 is 0 Å². The van der Waals surface area contributed by atoms with E-state index in [0.717, 1.165) is 13.0 Å². The maximum Gasteiger partial charge on any atom is 0.237 e. The average molecular weight is 272 g/mol. The highest BCUT2D eigenvalue weighted by Crippen LogP contribution is 2.27. The van der Waals surface area contributed by atoms with E-state index in [2.05, 4.69) is 41.8 Å². The normalized spacial score (nSPS) is 24.1. The van der Waals surface area contributed by atoms with Crippen LogP contribution in [-0.4, -0.2) is 18.0 Å². The third-order valence-electron chi connectivity index (χ3n) is 4.87. The second-order valence-electron chi connectivity index (χ2n) is 6.25. The summed E-state index contributed by atoms with van der Waals surface area (Å²) in [4.78, 5) is 12.4. The Kier molecular flexibility index (Phi) is 4.06. The Labute approximate surface area is 121 Å². The third-order valence-corrected chi connectivity index (χ3v) is 4.87. The fraction of sp³-hybridized carbons (Fsp3) is 0.588. The van der Waals surface area contributed by atoms with Crippen LogP contribution in [0.15, 0.2) is 24.3 Å². The topological polar surface area (TPSA) is 41.1 Å². The Bertz CT molecular complexity index is 480. The summed E-state index contributed by atoms with van der Waals surface area (Å²) in [6.45, 7) is 2.96. The molecule has 108 valence electrons. The van der Waals surface area contributed by atoms with Gasteiger partial charge in [-0.15, -0.1) is 0 Å². The van der Waals surface area contributed by atoms with Gasteiger partial charge in [0.2, 0.25) is 5.91 Å². The molecule has 1 amide bonds. The van der Waals surface area contributed by atoms with Crippen LogP contribution in [0.1, 0.15) is 43.7 Å². The Morgan fingerprint density at radius 2 is 1.95 bits per heavy atom. The van der Waals surface area contributed by atoms with Crippen molar-refractivity contribution < 1.29 is 4.79 Å². The molecule has 1 saturated carbocycles. The van der Waals surface area contributed by atoms with Gasteiger partial charge in [0.05, 0.1) is 6.04 Å². The van der Waals surface area contributed by atoms with Gasteiger partial charge >= 0.3 is 0 Å². The fourth-order valence-corrected chi connectivity index (χ4v) is 3.54. The number of carbonyl (C=O) groups excluding carboxylic acids is 1. The van der Waals surface area contributed by atoms with Crippen LogP contribution in [0.25, 0.3) is 0 Å². The molecule has 1 aliphatic carbocycles. The molecule has 1 aromatic carbocycles. The number of amides is 1. The van der Waals surface area contributed by atoms with Crippen molar-refractivity contribution in [1.29, 1.82) is 0 Å². The van der Waals surface area contributed by atoms with Crippen molar-refractivity contribution in [2.75, 3.05) is 0 Å². The largest absolute Gasteiger partial charge is 0.352 e. The van der Waals surface area contributed by atoms with Crippen LogP contribution < -0.4 is 10.6 Å². The first-order valence-electron chi connectivity index (χ1n) is 7.84. The smallest absolute Gasteiger partial charge is 0.237 e. The number of hydrogen-bond donors (Lipinski definition) is 2. The third kappa shape index (κ3) is 2.88. The van der Waals surface area contributed by atoms with Gasteiger partial charge in [0.1, 0.15) is 0 Å². The SMILES string of the molecule is CC(NC(=O)[C@H]1Cc2ccccc2CN1)C1CCCC1. The Balaban J connectivity index is 1.58. The van der Waals surface area contributed by atoms with Gasteiger partial charge in [-0.05, 0) is 43.2 Å². The van der Waals surface area contributed by atoms with Gasteiger partial charge in [0.25, 0.3) is 0 Å². The number of hydrogen-bond acceptors (Lipinski definition) is 2. The first kappa shape index (κ1) is 13.6. The highest BCUT2D eigenvalue weighted by molar-refractivity contribution is 5.82. The summed E-state index contributed by atoms with van der Waals surface area (Å²) in [6.07, 6.45) is 5.98. The lowest BCUT2D eigenvalue weighted by molar-refractivity contribution is -0.124. The van der Waals surface area contributed by atoms with Crippen molar-refractivity contribution in [3.05, 3.63) is 35.4 Å². The lowest BCUT2D eigenvalue weighted by atomic mass is 9.94. The molecule has 3 nitrogen and oxygen atoms in total. The molecule has 1 aliphatic heterocycles. The quantitative estimate of drug-likeness (QED) is 0.887. The molecule has 1 heterocycles. The van der Waals surface area contributed by atoms with Crippen LogP contribution in [0.2, 0.25) is 0 Å². The summed E-state index contributed by atoms with van der Waals surface area (Å²) in [6, 6.07) is 8.62. The van der Waals surface area contributed by atoms with Crippen molar-refractivity contribution in [2.45, 2.75) is 57.7 Å². The van der Waals surface area contributed by atoms with Crippen LogP contribution in [0.4, 0.5) is 0 Å². The van der Waals surface area contributed by atoms with Crippen LogP contribution >= 0.6 is 0 Å². The van der Waals surface area contributed by atoms with Gasteiger partial charge < -0.3 is 10.6 Å². The van der Waals surface area contributed by atoms with E-state index in [4.69, 9.17) is 0 Å². The van der Waals surface area contributed by atoms with E-state index in [9.17, 15) is 4.79 Å². The van der Waals surface area contributed by atoms with Crippen molar-refractivity contribution in [3.8, 4) is 0 Å². The van der Waals surface area contributed by atoms with Gasteiger partial charge in [-0.25, -0.2) is 0 Å². The lowest BCUT2D eigenvalue weighted by Crippen LogP contribution is -2.51. The highest BCUT2D eigenvalue weighted by Gasteiger charge is 2.28. The van der Waals surface area contributed by atoms with Gasteiger partial charge in [0.15, 0.2) is 0 Å². The standard InChI is InChI=1S/C17H24N2O/c1-12(13-6-2-3-7-13)19-17(20)16-10-14-8-4-5-9-15(14)11-18-16/h4-5,8-9,12-13,16,18H,2-3,6-7,10-11H2,1H3,(H,19,20)/t12?,16-/m1/s1. The number of benzene rings is 1. The van der Waals surface area contributed by atoms with E-state index in [1.807, 2.05) is 0 Å². The van der Waals surface area contributed by atoms with Crippen LogP contribution in [0, 0.1) is 5.92 Å². The zero-order valence-corrected chi connectivity index (χ0v) is 12.2. The Morgan fingerprint density at radius 1 is 1.25 bits per heavy atom. The summed E-state index contributed by atoms with van der Waals surface area (Å²) in [7, 11) is 0. The monoisotopic (exact) mass is 272 g/mol. The predicted molar refractivity (Wildman–Crippen MR) is 80.3 cm³/mol. The molecule has 2 N–H and O–H groups in total. The molecule has 0 saturated heterocycles. The van der Waals surface area contributed by atoms with Gasteiger partial charge in [0, 0.05) is 12.6 Å². The molecular formula is C17H24N2O. The Morgan fingerprint density at radius 3 is 2.70 bits per heavy atom. The predicted octanol–water partition coefficient (Wildman–Crippen LogP) is 2.40. The van der Waals surface area contributed by atoms with Gasteiger partial charge in [-0.1, -0.05) is 37.1 Å². The van der Waals surface area contributed by atoms with Gasteiger partial charge in [-0.2, -0.15) is 0 Å². The van der Waals surface area contributed by atoms with Crippen molar-refractivity contribution >= 4 is 5.91 Å². The summed E-state index contributed by atoms with van der Waals surface area (Å²) in [5.74, 6) is 0.841. The maximum absolute atomic E-state index is 12.4. The summed E-state index contributed by atoms with van der Waals surface area (Å²) in [5, 5.41) is 6.58. The van der Waals surface area contributed by atoms with Crippen LogP contribution in [0.3, 0.4) is 0 Å². The zero-order valence-electron chi connectivity index (χ0n) is 12.2. The molecule has 1 fully saturated rings. The minimum atomic E-state index is -0.0752. The minimum absolute atomic E-state index is 0.0752. The Hall–Kier alpha value is -1.35. The molecule has 3 heteroatoms. The molecule has 20 heavy (non-hydrogen) atoms. The molecule has 1 unspecified atom stereocenters. The number of rotatable bonds is 3. The molecule has 2 aliphatic rings. The molecule has 1 aromatic rings. The van der Waals surface area contributed by atoms with E-state index in [-0.39, 0.29) is 11.9 Å². The lowest BCUT2D eigenvalue weighted by Gasteiger charge is -2.28. The fourth-order valence-electron chi connectivity index (χ4n) is 3.54. The second kappa shape index (κ2) is 5.96. The first-order chi connectivity index (χ1) is 9.74. The zero-order chi connectivity index (χ0) is 13.9. The summed E-state index contributed by atoms with van der Waals surface area (Å²) in [5.41, 5.74) is 2.63. The molecular weight excluding hydrogens is 248 g/mol. The minimum Gasteiger partial charge on any atom is -0.352 e. The van der Waals surface area contributed by atoms with E-state index in [0.29, 0.717) is 12.0 Å². The van der Waals surface area contributed by atoms with Crippen LogP contribution in [-0.2, 0) is 17.8 Å². The van der Waals surface area contributed by atoms with E-state index >= 15 is 0 Å². The molecule has 2 atom stereocenters. The molecule has 0 radical (unpaired) electrons. The number of carbonyl (C=O) groups is 1. The first-order valence-corrected chi connectivity index (χ1v) is 7.84. The van der Waals surface area contributed by atoms with Gasteiger partial charge in [-0.3, -0.25) is 4.79 Å². The van der Waals surface area contributed by atoms with Crippen molar-refractivity contribution in [1.82, 2.24) is 10.6 Å². The van der Waals surface area contributed by atoms with Crippen molar-refractivity contribution in [3.63, 3.8) is 0 Å². The van der Waals surface area contributed by atoms with E-state index in [1.165, 1.54) is 36.8 Å².